The Morgan fingerprint density at radius 1 is 1.38 bits per heavy atom. The average molecular weight is 284 g/mol. The van der Waals surface area contributed by atoms with Gasteiger partial charge in [-0.3, -0.25) is 9.78 Å². The number of carbonyl (C=O) groups excluding carboxylic acids is 1. The zero-order chi connectivity index (χ0) is 15.4. The first-order valence-corrected chi connectivity index (χ1v) is 6.92. The number of nitrogens with two attached hydrogens (primary N) is 1. The Bertz CT molecular complexity index is 652. The van der Waals surface area contributed by atoms with E-state index in [0.717, 1.165) is 16.8 Å². The molecule has 2 aromatic heterocycles. The van der Waals surface area contributed by atoms with Crippen LogP contribution in [0.3, 0.4) is 0 Å². The van der Waals surface area contributed by atoms with Crippen molar-refractivity contribution in [1.29, 1.82) is 0 Å². The third-order valence-electron chi connectivity index (χ3n) is 3.31. The van der Waals surface area contributed by atoms with Crippen molar-refractivity contribution in [3.63, 3.8) is 0 Å². The van der Waals surface area contributed by atoms with E-state index in [1.165, 1.54) is 0 Å². The number of nitrogens with one attached hydrogen (secondary N) is 1. The van der Waals surface area contributed by atoms with Gasteiger partial charge < -0.3 is 11.1 Å². The fraction of sp³-hybridized carbons (Fsp3) is 0.312. The Kier molecular flexibility index (Phi) is 4.52. The van der Waals surface area contributed by atoms with Gasteiger partial charge in [-0.2, -0.15) is 0 Å². The van der Waals surface area contributed by atoms with Gasteiger partial charge in [0.1, 0.15) is 5.82 Å². The summed E-state index contributed by atoms with van der Waals surface area (Å²) in [6.07, 6.45) is 3.50. The molecule has 0 saturated carbocycles. The van der Waals surface area contributed by atoms with E-state index in [-0.39, 0.29) is 11.8 Å². The molecule has 1 amide bonds. The zero-order valence-electron chi connectivity index (χ0n) is 12.6. The number of nitrogen functional groups attached to an aromatic ring is 1. The first kappa shape index (κ1) is 15.0. The SMILES string of the molecule is Cc1ccncc1CNC(=O)c1cc(N)nc(C(C)C)c1. The largest absolute Gasteiger partial charge is 0.384 e. The van der Waals surface area contributed by atoms with Crippen LogP contribution in [0.15, 0.2) is 30.6 Å². The van der Waals surface area contributed by atoms with Crippen molar-refractivity contribution in [2.75, 3.05) is 5.73 Å². The number of amides is 1. The summed E-state index contributed by atoms with van der Waals surface area (Å²) < 4.78 is 0. The van der Waals surface area contributed by atoms with Crippen molar-refractivity contribution >= 4 is 11.7 Å². The molecule has 0 unspecified atom stereocenters. The lowest BCUT2D eigenvalue weighted by Gasteiger charge is -2.10. The number of hydrogen-bond acceptors (Lipinski definition) is 4. The van der Waals surface area contributed by atoms with E-state index >= 15 is 0 Å². The first-order valence-electron chi connectivity index (χ1n) is 6.92. The molecule has 0 radical (unpaired) electrons. The van der Waals surface area contributed by atoms with Crippen molar-refractivity contribution in [2.45, 2.75) is 33.2 Å². The summed E-state index contributed by atoms with van der Waals surface area (Å²) in [6.45, 7) is 6.47. The number of pyridine rings is 2. The highest BCUT2D eigenvalue weighted by molar-refractivity contribution is 5.94. The monoisotopic (exact) mass is 284 g/mol. The van der Waals surface area contributed by atoms with Crippen molar-refractivity contribution < 1.29 is 4.79 Å². The minimum atomic E-state index is -0.158. The molecule has 0 aromatic carbocycles. The first-order chi connectivity index (χ1) is 9.97. The molecular weight excluding hydrogens is 264 g/mol. The highest BCUT2D eigenvalue weighted by Crippen LogP contribution is 2.16. The summed E-state index contributed by atoms with van der Waals surface area (Å²) in [7, 11) is 0. The Balaban J connectivity index is 2.12. The van der Waals surface area contributed by atoms with Gasteiger partial charge in [0, 0.05) is 30.2 Å². The molecule has 0 aliphatic heterocycles. The van der Waals surface area contributed by atoms with Crippen LogP contribution >= 0.6 is 0 Å². The van der Waals surface area contributed by atoms with Gasteiger partial charge in [0.25, 0.3) is 5.91 Å². The van der Waals surface area contributed by atoms with E-state index in [4.69, 9.17) is 5.73 Å². The number of anilines is 1. The van der Waals surface area contributed by atoms with Crippen LogP contribution in [0.5, 0.6) is 0 Å². The van der Waals surface area contributed by atoms with Gasteiger partial charge in [-0.15, -0.1) is 0 Å². The molecule has 0 aliphatic rings. The van der Waals surface area contributed by atoms with E-state index in [0.29, 0.717) is 17.9 Å². The molecule has 0 fully saturated rings. The van der Waals surface area contributed by atoms with Gasteiger partial charge in [-0.1, -0.05) is 13.8 Å². The maximum Gasteiger partial charge on any atom is 0.251 e. The minimum absolute atomic E-state index is 0.158. The van der Waals surface area contributed by atoms with E-state index in [9.17, 15) is 4.79 Å². The lowest BCUT2D eigenvalue weighted by atomic mass is 10.1. The van der Waals surface area contributed by atoms with Crippen molar-refractivity contribution in [2.24, 2.45) is 0 Å². The Morgan fingerprint density at radius 3 is 2.81 bits per heavy atom. The van der Waals surface area contributed by atoms with Crippen LogP contribution in [0.4, 0.5) is 5.82 Å². The second-order valence-electron chi connectivity index (χ2n) is 5.35. The number of rotatable bonds is 4. The molecule has 110 valence electrons. The van der Waals surface area contributed by atoms with Gasteiger partial charge >= 0.3 is 0 Å². The fourth-order valence-electron chi connectivity index (χ4n) is 1.96. The summed E-state index contributed by atoms with van der Waals surface area (Å²) in [5.41, 5.74) is 9.21. The quantitative estimate of drug-likeness (QED) is 0.903. The predicted molar refractivity (Wildman–Crippen MR) is 82.9 cm³/mol. The Morgan fingerprint density at radius 2 is 2.14 bits per heavy atom. The summed E-state index contributed by atoms with van der Waals surface area (Å²) >= 11 is 0. The fourth-order valence-corrected chi connectivity index (χ4v) is 1.96. The molecule has 2 rings (SSSR count). The minimum Gasteiger partial charge on any atom is -0.384 e. The molecule has 0 aliphatic carbocycles. The topological polar surface area (TPSA) is 80.9 Å². The molecule has 0 atom stereocenters. The standard InChI is InChI=1S/C16H20N4O/c1-10(2)14-6-12(7-15(17)20-14)16(21)19-9-13-8-18-5-4-11(13)3/h4-8,10H,9H2,1-3H3,(H2,17,20)(H,19,21). The predicted octanol–water partition coefficient (Wildman–Crippen LogP) is 2.42. The molecule has 5 nitrogen and oxygen atoms in total. The van der Waals surface area contributed by atoms with Gasteiger partial charge in [-0.25, -0.2) is 4.98 Å². The molecule has 0 bridgehead atoms. The number of nitrogens with zero attached hydrogens (tertiary/aromatic N) is 2. The van der Waals surface area contributed by atoms with E-state index in [1.807, 2.05) is 26.8 Å². The zero-order valence-corrected chi connectivity index (χ0v) is 12.6. The van der Waals surface area contributed by atoms with Gasteiger partial charge in [0.2, 0.25) is 0 Å². The van der Waals surface area contributed by atoms with Crippen molar-refractivity contribution in [3.05, 3.63) is 53.0 Å². The van der Waals surface area contributed by atoms with Gasteiger partial charge in [-0.05, 0) is 42.2 Å². The number of aryl methyl sites for hydroxylation is 1. The summed E-state index contributed by atoms with van der Waals surface area (Å²) in [5, 5.41) is 2.89. The van der Waals surface area contributed by atoms with E-state index in [2.05, 4.69) is 15.3 Å². The third kappa shape index (κ3) is 3.78. The summed E-state index contributed by atoms with van der Waals surface area (Å²) in [4.78, 5) is 20.5. The maximum atomic E-state index is 12.2. The molecule has 3 N–H and O–H groups in total. The highest BCUT2D eigenvalue weighted by atomic mass is 16.1. The van der Waals surface area contributed by atoms with Crippen LogP contribution in [0.1, 0.15) is 46.9 Å². The summed E-state index contributed by atoms with van der Waals surface area (Å²) in [5.74, 6) is 0.429. The second kappa shape index (κ2) is 6.35. The lowest BCUT2D eigenvalue weighted by molar-refractivity contribution is 0.0950. The second-order valence-corrected chi connectivity index (χ2v) is 5.35. The van der Waals surface area contributed by atoms with Crippen LogP contribution in [-0.4, -0.2) is 15.9 Å². The smallest absolute Gasteiger partial charge is 0.251 e. The number of aromatic nitrogens is 2. The van der Waals surface area contributed by atoms with Crippen LogP contribution in [-0.2, 0) is 6.54 Å². The average Bonchev–Trinajstić information content (AvgIpc) is 2.45. The molecule has 21 heavy (non-hydrogen) atoms. The Hall–Kier alpha value is -2.43. The summed E-state index contributed by atoms with van der Waals surface area (Å²) in [6, 6.07) is 5.30. The lowest BCUT2D eigenvalue weighted by Crippen LogP contribution is -2.24. The van der Waals surface area contributed by atoms with Crippen LogP contribution < -0.4 is 11.1 Å². The van der Waals surface area contributed by atoms with Gasteiger partial charge in [0.05, 0.1) is 0 Å². The molecule has 2 aromatic rings. The molecule has 0 saturated heterocycles. The number of carbonyl (C=O) groups is 1. The van der Waals surface area contributed by atoms with E-state index < -0.39 is 0 Å². The van der Waals surface area contributed by atoms with Crippen LogP contribution in [0.2, 0.25) is 0 Å². The van der Waals surface area contributed by atoms with Crippen LogP contribution in [0.25, 0.3) is 0 Å². The Labute approximate surface area is 124 Å². The van der Waals surface area contributed by atoms with Crippen molar-refractivity contribution in [1.82, 2.24) is 15.3 Å². The van der Waals surface area contributed by atoms with Gasteiger partial charge in [0.15, 0.2) is 0 Å². The third-order valence-corrected chi connectivity index (χ3v) is 3.31. The highest BCUT2D eigenvalue weighted by Gasteiger charge is 2.11. The molecule has 0 spiro atoms. The normalized spacial score (nSPS) is 10.7. The maximum absolute atomic E-state index is 12.2. The molecular formula is C16H20N4O. The number of hydrogen-bond donors (Lipinski definition) is 2. The molecule has 5 heteroatoms. The molecule has 2 heterocycles. The van der Waals surface area contributed by atoms with Crippen LogP contribution in [0, 0.1) is 6.92 Å². The van der Waals surface area contributed by atoms with E-state index in [1.54, 1.807) is 24.5 Å². The van der Waals surface area contributed by atoms with Crippen molar-refractivity contribution in [3.8, 4) is 0 Å².